The number of benzene rings is 1. The molecule has 112 valence electrons. The third kappa shape index (κ3) is 2.96. The van der Waals surface area contributed by atoms with Gasteiger partial charge in [0.05, 0.1) is 11.3 Å². The van der Waals surface area contributed by atoms with E-state index < -0.39 is 18.0 Å². The molecule has 0 aromatic heterocycles. The van der Waals surface area contributed by atoms with Crippen molar-refractivity contribution in [3.05, 3.63) is 29.3 Å². The van der Waals surface area contributed by atoms with Crippen molar-refractivity contribution in [2.45, 2.75) is 19.9 Å². The van der Waals surface area contributed by atoms with Gasteiger partial charge in [0.15, 0.2) is 0 Å². The molecule has 21 heavy (non-hydrogen) atoms. The van der Waals surface area contributed by atoms with E-state index in [1.807, 2.05) is 0 Å². The summed E-state index contributed by atoms with van der Waals surface area (Å²) >= 11 is 0. The van der Waals surface area contributed by atoms with Crippen molar-refractivity contribution in [1.82, 2.24) is 10.2 Å². The molecule has 0 spiro atoms. The highest BCUT2D eigenvalue weighted by Crippen LogP contribution is 2.21. The molecule has 0 aliphatic carbocycles. The minimum Gasteiger partial charge on any atom is -0.478 e. The molecule has 1 heterocycles. The number of aromatic carboxylic acids is 1. The summed E-state index contributed by atoms with van der Waals surface area (Å²) in [6.07, 6.45) is 0. The molecule has 0 bridgehead atoms. The average Bonchev–Trinajstić information content (AvgIpc) is 2.43. The van der Waals surface area contributed by atoms with Gasteiger partial charge in [0.25, 0.3) is 0 Å². The third-order valence-electron chi connectivity index (χ3n) is 3.49. The van der Waals surface area contributed by atoms with Gasteiger partial charge in [0.1, 0.15) is 6.04 Å². The van der Waals surface area contributed by atoms with Crippen molar-refractivity contribution in [2.24, 2.45) is 0 Å². The van der Waals surface area contributed by atoms with E-state index in [1.54, 1.807) is 26.0 Å². The molecule has 0 radical (unpaired) electrons. The summed E-state index contributed by atoms with van der Waals surface area (Å²) in [5.41, 5.74) is 0.933. The predicted molar refractivity (Wildman–Crippen MR) is 76.3 cm³/mol. The average molecular weight is 291 g/mol. The first-order valence-electron chi connectivity index (χ1n) is 6.60. The van der Waals surface area contributed by atoms with E-state index >= 15 is 0 Å². The molecular formula is C14H17N3O4. The number of hydrogen-bond donors (Lipinski definition) is 3. The van der Waals surface area contributed by atoms with Crippen LogP contribution in [0.5, 0.6) is 0 Å². The minimum absolute atomic E-state index is 0.0254. The number of carbonyl (C=O) groups is 3. The van der Waals surface area contributed by atoms with E-state index in [4.69, 9.17) is 0 Å². The number of carboxylic acids is 1. The Labute approximate surface area is 121 Å². The van der Waals surface area contributed by atoms with Crippen molar-refractivity contribution >= 4 is 23.6 Å². The highest BCUT2D eigenvalue weighted by atomic mass is 16.4. The number of amides is 3. The van der Waals surface area contributed by atoms with Crippen LogP contribution in [0.25, 0.3) is 0 Å². The molecule has 1 atom stereocenters. The Morgan fingerprint density at radius 2 is 2.14 bits per heavy atom. The first kappa shape index (κ1) is 14.8. The normalized spacial score (nSPS) is 18.1. The van der Waals surface area contributed by atoms with Gasteiger partial charge in [0, 0.05) is 13.1 Å². The molecule has 1 aromatic rings. The summed E-state index contributed by atoms with van der Waals surface area (Å²) in [6, 6.07) is 3.70. The lowest BCUT2D eigenvalue weighted by Gasteiger charge is -2.33. The number of anilines is 1. The first-order valence-corrected chi connectivity index (χ1v) is 6.60. The summed E-state index contributed by atoms with van der Waals surface area (Å²) in [6.45, 7) is 4.11. The number of hydrogen-bond acceptors (Lipinski definition) is 3. The van der Waals surface area contributed by atoms with Crippen molar-refractivity contribution in [3.8, 4) is 0 Å². The molecule has 1 unspecified atom stereocenters. The van der Waals surface area contributed by atoms with Gasteiger partial charge in [-0.25, -0.2) is 9.59 Å². The monoisotopic (exact) mass is 291 g/mol. The molecule has 7 heteroatoms. The fraction of sp³-hybridized carbons (Fsp3) is 0.357. The van der Waals surface area contributed by atoms with Gasteiger partial charge < -0.3 is 20.6 Å². The van der Waals surface area contributed by atoms with Gasteiger partial charge >= 0.3 is 12.0 Å². The van der Waals surface area contributed by atoms with Crippen molar-refractivity contribution in [3.63, 3.8) is 0 Å². The number of nitrogens with one attached hydrogen (secondary N) is 2. The Hall–Kier alpha value is -2.57. The van der Waals surface area contributed by atoms with Crippen LogP contribution in [0, 0.1) is 6.92 Å². The summed E-state index contributed by atoms with van der Waals surface area (Å²) in [7, 11) is 0. The first-order chi connectivity index (χ1) is 9.91. The lowest BCUT2D eigenvalue weighted by Crippen LogP contribution is -2.56. The van der Waals surface area contributed by atoms with Crippen LogP contribution >= 0.6 is 0 Å². The van der Waals surface area contributed by atoms with Crippen molar-refractivity contribution in [2.75, 3.05) is 18.4 Å². The quantitative estimate of drug-likeness (QED) is 0.758. The summed E-state index contributed by atoms with van der Waals surface area (Å²) in [4.78, 5) is 36.5. The summed E-state index contributed by atoms with van der Waals surface area (Å²) < 4.78 is 0. The Bertz CT molecular complexity index is 600. The molecule has 1 aromatic carbocycles. The smallest absolute Gasteiger partial charge is 0.337 e. The van der Waals surface area contributed by atoms with Crippen LogP contribution in [-0.2, 0) is 4.79 Å². The van der Waals surface area contributed by atoms with E-state index in [1.165, 1.54) is 11.0 Å². The van der Waals surface area contributed by atoms with E-state index in [2.05, 4.69) is 10.6 Å². The molecule has 7 nitrogen and oxygen atoms in total. The van der Waals surface area contributed by atoms with Crippen LogP contribution in [0.2, 0.25) is 0 Å². The number of carbonyl (C=O) groups excluding carboxylic acids is 2. The Morgan fingerprint density at radius 3 is 2.81 bits per heavy atom. The molecule has 0 saturated carbocycles. The van der Waals surface area contributed by atoms with Gasteiger partial charge in [-0.1, -0.05) is 12.1 Å². The number of urea groups is 1. The molecule has 1 saturated heterocycles. The lowest BCUT2D eigenvalue weighted by atomic mass is 10.1. The number of piperazine rings is 1. The Morgan fingerprint density at radius 1 is 1.43 bits per heavy atom. The second kappa shape index (κ2) is 5.82. The largest absolute Gasteiger partial charge is 0.478 e. The van der Waals surface area contributed by atoms with Crippen LogP contribution in [0.1, 0.15) is 22.8 Å². The van der Waals surface area contributed by atoms with Crippen LogP contribution < -0.4 is 10.6 Å². The van der Waals surface area contributed by atoms with Crippen molar-refractivity contribution < 1.29 is 19.5 Å². The van der Waals surface area contributed by atoms with Gasteiger partial charge in [-0.2, -0.15) is 0 Å². The molecule has 3 N–H and O–H groups in total. The van der Waals surface area contributed by atoms with Crippen LogP contribution in [0.3, 0.4) is 0 Å². The topological polar surface area (TPSA) is 98.7 Å². The molecule has 2 rings (SSSR count). The van der Waals surface area contributed by atoms with Crippen LogP contribution in [0.4, 0.5) is 10.5 Å². The molecule has 1 aliphatic rings. The minimum atomic E-state index is -1.11. The van der Waals surface area contributed by atoms with Crippen molar-refractivity contribution in [1.29, 1.82) is 0 Å². The van der Waals surface area contributed by atoms with Crippen LogP contribution in [-0.4, -0.2) is 47.0 Å². The maximum absolute atomic E-state index is 12.3. The number of carboxylic acid groups (broad SMARTS) is 1. The van der Waals surface area contributed by atoms with E-state index in [9.17, 15) is 19.5 Å². The van der Waals surface area contributed by atoms with Gasteiger partial charge in [-0.05, 0) is 25.5 Å². The second-order valence-electron chi connectivity index (χ2n) is 4.89. The maximum Gasteiger partial charge on any atom is 0.337 e. The van der Waals surface area contributed by atoms with Gasteiger partial charge in [0.2, 0.25) is 5.91 Å². The van der Waals surface area contributed by atoms with E-state index in [-0.39, 0.29) is 17.2 Å². The van der Waals surface area contributed by atoms with E-state index in [0.717, 1.165) is 0 Å². The van der Waals surface area contributed by atoms with Gasteiger partial charge in [-0.3, -0.25) is 4.79 Å². The predicted octanol–water partition coefficient (Wildman–Crippen LogP) is 1.05. The SMILES string of the molecule is Cc1cccc(C(=O)O)c1NC(=O)N1CCNC(=O)C1C. The molecule has 3 amide bonds. The zero-order chi connectivity index (χ0) is 15.6. The third-order valence-corrected chi connectivity index (χ3v) is 3.49. The Kier molecular flexibility index (Phi) is 4.11. The van der Waals surface area contributed by atoms with E-state index in [0.29, 0.717) is 18.7 Å². The zero-order valence-electron chi connectivity index (χ0n) is 11.8. The standard InChI is InChI=1S/C14H17N3O4/c1-8-4-3-5-10(13(19)20)11(8)16-14(21)17-7-6-15-12(18)9(17)2/h3-5,9H,6-7H2,1-2H3,(H,15,18)(H,16,21)(H,19,20). The second-order valence-corrected chi connectivity index (χ2v) is 4.89. The molecule has 1 fully saturated rings. The van der Waals surface area contributed by atoms with Gasteiger partial charge in [-0.15, -0.1) is 0 Å². The highest BCUT2D eigenvalue weighted by Gasteiger charge is 2.30. The van der Waals surface area contributed by atoms with Crippen LogP contribution in [0.15, 0.2) is 18.2 Å². The number of aryl methyl sites for hydroxylation is 1. The maximum atomic E-state index is 12.3. The zero-order valence-corrected chi connectivity index (χ0v) is 11.8. The Balaban J connectivity index is 2.24. The lowest BCUT2D eigenvalue weighted by molar-refractivity contribution is -0.126. The number of nitrogens with zero attached hydrogens (tertiary/aromatic N) is 1. The summed E-state index contributed by atoms with van der Waals surface area (Å²) in [5.74, 6) is -1.34. The molecular weight excluding hydrogens is 274 g/mol. The fourth-order valence-electron chi connectivity index (χ4n) is 2.25. The summed E-state index contributed by atoms with van der Waals surface area (Å²) in [5, 5.41) is 14.5. The number of rotatable bonds is 2. The molecule has 1 aliphatic heterocycles. The highest BCUT2D eigenvalue weighted by molar-refractivity contribution is 6.02. The number of para-hydroxylation sites is 1. The fourth-order valence-corrected chi connectivity index (χ4v) is 2.25.